The number of carbonyl (C=O) groups excluding carboxylic acids is 2. The first kappa shape index (κ1) is 15.5. The van der Waals surface area contributed by atoms with Crippen molar-refractivity contribution in [3.05, 3.63) is 35.9 Å². The van der Waals surface area contributed by atoms with Gasteiger partial charge in [-0.3, -0.25) is 0 Å². The normalized spacial score (nSPS) is 11.1. The summed E-state index contributed by atoms with van der Waals surface area (Å²) in [4.78, 5) is 25.0. The third kappa shape index (κ3) is 4.28. The van der Waals surface area contributed by atoms with Crippen LogP contribution in [0.2, 0.25) is 0 Å². The van der Waals surface area contributed by atoms with Gasteiger partial charge in [0.15, 0.2) is 6.04 Å². The van der Waals surface area contributed by atoms with Gasteiger partial charge in [0, 0.05) is 7.05 Å². The van der Waals surface area contributed by atoms with Crippen LogP contribution in [0.4, 0.5) is 4.79 Å². The zero-order chi connectivity index (χ0) is 15.0. The van der Waals surface area contributed by atoms with E-state index in [9.17, 15) is 9.59 Å². The van der Waals surface area contributed by atoms with Gasteiger partial charge in [0.05, 0.1) is 12.7 Å². The Morgan fingerprint density at radius 2 is 2.05 bits per heavy atom. The van der Waals surface area contributed by atoms with E-state index in [1.54, 1.807) is 31.2 Å². The number of nitriles is 1. The largest absolute Gasteiger partial charge is 0.464 e. The number of amides is 2. The summed E-state index contributed by atoms with van der Waals surface area (Å²) in [6.07, 6.45) is 0. The Bertz CT molecular complexity index is 496. The van der Waals surface area contributed by atoms with E-state index in [-0.39, 0.29) is 13.2 Å². The number of esters is 1. The number of hydrogen-bond acceptors (Lipinski definition) is 4. The van der Waals surface area contributed by atoms with E-state index >= 15 is 0 Å². The molecule has 106 valence electrons. The van der Waals surface area contributed by atoms with Crippen molar-refractivity contribution in [2.75, 3.05) is 20.2 Å². The number of urea groups is 1. The minimum absolute atomic E-state index is 0.0594. The highest BCUT2D eigenvalue weighted by molar-refractivity contribution is 5.84. The van der Waals surface area contributed by atoms with Crippen LogP contribution in [0, 0.1) is 11.3 Å². The molecule has 0 radical (unpaired) electrons. The lowest BCUT2D eigenvalue weighted by molar-refractivity contribution is -0.145. The van der Waals surface area contributed by atoms with Crippen LogP contribution in [-0.2, 0) is 9.53 Å². The summed E-state index contributed by atoms with van der Waals surface area (Å²) in [5, 5.41) is 11.1. The molecular formula is C14H17N3O3. The van der Waals surface area contributed by atoms with Gasteiger partial charge in [0.25, 0.3) is 0 Å². The van der Waals surface area contributed by atoms with Gasteiger partial charge in [-0.15, -0.1) is 0 Å². The van der Waals surface area contributed by atoms with Crippen LogP contribution in [0.25, 0.3) is 0 Å². The summed E-state index contributed by atoms with van der Waals surface area (Å²) in [6.45, 7) is 1.87. The summed E-state index contributed by atoms with van der Waals surface area (Å²) in [5.74, 6) is -0.530. The highest BCUT2D eigenvalue weighted by atomic mass is 16.5. The predicted molar refractivity (Wildman–Crippen MR) is 72.6 cm³/mol. The van der Waals surface area contributed by atoms with Gasteiger partial charge in [-0.05, 0) is 12.5 Å². The number of rotatable bonds is 5. The lowest BCUT2D eigenvalue weighted by Crippen LogP contribution is -2.42. The van der Waals surface area contributed by atoms with Crippen LogP contribution in [0.1, 0.15) is 18.5 Å². The van der Waals surface area contributed by atoms with Gasteiger partial charge in [-0.2, -0.15) is 5.26 Å². The first-order chi connectivity index (χ1) is 9.60. The van der Waals surface area contributed by atoms with Crippen molar-refractivity contribution in [2.24, 2.45) is 0 Å². The lowest BCUT2D eigenvalue weighted by Gasteiger charge is -2.21. The number of ether oxygens (including phenoxy) is 1. The molecule has 0 spiro atoms. The summed E-state index contributed by atoms with van der Waals surface area (Å²) in [5.41, 5.74) is 0.629. The second-order valence-electron chi connectivity index (χ2n) is 4.06. The van der Waals surface area contributed by atoms with Gasteiger partial charge in [-0.1, -0.05) is 30.3 Å². The zero-order valence-electron chi connectivity index (χ0n) is 11.5. The molecule has 1 aromatic rings. The molecule has 1 rings (SSSR count). The average Bonchev–Trinajstić information content (AvgIpc) is 2.45. The quantitative estimate of drug-likeness (QED) is 0.651. The Hall–Kier alpha value is -2.55. The lowest BCUT2D eigenvalue weighted by atomic mass is 10.1. The molecule has 0 saturated heterocycles. The smallest absolute Gasteiger partial charge is 0.333 e. The maximum Gasteiger partial charge on any atom is 0.333 e. The minimum atomic E-state index is -0.884. The Kier molecular flexibility index (Phi) is 6.04. The molecule has 0 aliphatic rings. The number of carbonyl (C=O) groups is 2. The molecule has 0 aliphatic heterocycles. The van der Waals surface area contributed by atoms with Crippen LogP contribution >= 0.6 is 0 Å². The fraction of sp³-hybridized carbons (Fsp3) is 0.357. The van der Waals surface area contributed by atoms with E-state index in [1.165, 1.54) is 11.9 Å². The summed E-state index contributed by atoms with van der Waals surface area (Å²) >= 11 is 0. The Labute approximate surface area is 117 Å². The van der Waals surface area contributed by atoms with Gasteiger partial charge in [-0.25, -0.2) is 9.59 Å². The van der Waals surface area contributed by atoms with Crippen LogP contribution in [0.3, 0.4) is 0 Å². The monoisotopic (exact) mass is 275 g/mol. The van der Waals surface area contributed by atoms with Gasteiger partial charge >= 0.3 is 12.0 Å². The van der Waals surface area contributed by atoms with Crippen LogP contribution in [-0.4, -0.2) is 37.1 Å². The molecule has 0 bridgehead atoms. The standard InChI is InChI=1S/C14H17N3O3/c1-3-20-13(18)12(11-7-5-4-6-8-11)16-14(19)17(2)10-9-15/h4-8,12H,3,10H2,1-2H3,(H,16,19). The summed E-state index contributed by atoms with van der Waals surface area (Å²) in [6, 6.07) is 9.29. The van der Waals surface area contributed by atoms with Crippen molar-refractivity contribution in [3.63, 3.8) is 0 Å². The molecule has 1 atom stereocenters. The van der Waals surface area contributed by atoms with Gasteiger partial charge in [0.2, 0.25) is 0 Å². The SMILES string of the molecule is CCOC(=O)C(NC(=O)N(C)CC#N)c1ccccc1. The number of nitrogens with zero attached hydrogens (tertiary/aromatic N) is 2. The molecular weight excluding hydrogens is 258 g/mol. The first-order valence-electron chi connectivity index (χ1n) is 6.20. The molecule has 1 aromatic carbocycles. The highest BCUT2D eigenvalue weighted by Crippen LogP contribution is 2.14. The van der Waals surface area contributed by atoms with Crippen molar-refractivity contribution >= 4 is 12.0 Å². The fourth-order valence-corrected chi connectivity index (χ4v) is 1.56. The van der Waals surface area contributed by atoms with Crippen molar-refractivity contribution < 1.29 is 14.3 Å². The Morgan fingerprint density at radius 3 is 2.60 bits per heavy atom. The Morgan fingerprint density at radius 1 is 1.40 bits per heavy atom. The number of benzene rings is 1. The summed E-state index contributed by atoms with van der Waals surface area (Å²) in [7, 11) is 1.48. The van der Waals surface area contributed by atoms with E-state index in [1.807, 2.05) is 12.1 Å². The van der Waals surface area contributed by atoms with Crippen molar-refractivity contribution in [1.82, 2.24) is 10.2 Å². The van der Waals surface area contributed by atoms with Gasteiger partial charge < -0.3 is 15.0 Å². The number of nitrogens with one attached hydrogen (secondary N) is 1. The highest BCUT2D eigenvalue weighted by Gasteiger charge is 2.25. The molecule has 0 saturated carbocycles. The second kappa shape index (κ2) is 7.79. The molecule has 0 heterocycles. The molecule has 0 fully saturated rings. The number of hydrogen-bond donors (Lipinski definition) is 1. The van der Waals surface area contributed by atoms with E-state index in [0.717, 1.165) is 0 Å². The molecule has 20 heavy (non-hydrogen) atoms. The van der Waals surface area contributed by atoms with E-state index in [0.29, 0.717) is 5.56 Å². The topological polar surface area (TPSA) is 82.4 Å². The van der Waals surface area contributed by atoms with E-state index in [4.69, 9.17) is 10.00 Å². The third-order valence-electron chi connectivity index (χ3n) is 2.58. The van der Waals surface area contributed by atoms with Crippen molar-refractivity contribution in [3.8, 4) is 6.07 Å². The molecule has 0 aliphatic carbocycles. The Balaban J connectivity index is 2.87. The zero-order valence-corrected chi connectivity index (χ0v) is 11.5. The minimum Gasteiger partial charge on any atom is -0.464 e. The maximum absolute atomic E-state index is 11.9. The molecule has 6 nitrogen and oxygen atoms in total. The molecule has 6 heteroatoms. The molecule has 0 aromatic heterocycles. The predicted octanol–water partition coefficient (Wildman–Crippen LogP) is 1.46. The molecule has 1 N–H and O–H groups in total. The van der Waals surface area contributed by atoms with Gasteiger partial charge in [0.1, 0.15) is 6.54 Å². The van der Waals surface area contributed by atoms with Crippen molar-refractivity contribution in [2.45, 2.75) is 13.0 Å². The second-order valence-corrected chi connectivity index (χ2v) is 4.06. The van der Waals surface area contributed by atoms with Crippen LogP contribution in [0.5, 0.6) is 0 Å². The van der Waals surface area contributed by atoms with Crippen LogP contribution in [0.15, 0.2) is 30.3 Å². The third-order valence-corrected chi connectivity index (χ3v) is 2.58. The fourth-order valence-electron chi connectivity index (χ4n) is 1.56. The average molecular weight is 275 g/mol. The van der Waals surface area contributed by atoms with E-state index in [2.05, 4.69) is 5.32 Å². The summed E-state index contributed by atoms with van der Waals surface area (Å²) < 4.78 is 4.96. The molecule has 1 unspecified atom stereocenters. The first-order valence-corrected chi connectivity index (χ1v) is 6.20. The molecule has 2 amide bonds. The van der Waals surface area contributed by atoms with E-state index < -0.39 is 18.0 Å². The van der Waals surface area contributed by atoms with Crippen LogP contribution < -0.4 is 5.32 Å². The maximum atomic E-state index is 11.9. The van der Waals surface area contributed by atoms with Crippen molar-refractivity contribution in [1.29, 1.82) is 5.26 Å².